The fraction of sp³-hybridized carbons (Fsp3) is 0.375. The molecule has 106 valence electrons. The summed E-state index contributed by atoms with van der Waals surface area (Å²) in [5.74, 6) is 0. The molecule has 0 fully saturated rings. The SMILES string of the molecule is OCCN(Cc1ccsc1)[C@H]1Cc2ccccc2[C@@H]1O. The van der Waals surface area contributed by atoms with Crippen molar-refractivity contribution in [2.75, 3.05) is 13.2 Å². The van der Waals surface area contributed by atoms with Gasteiger partial charge in [0.15, 0.2) is 0 Å². The van der Waals surface area contributed by atoms with E-state index in [0.29, 0.717) is 6.54 Å². The van der Waals surface area contributed by atoms with Gasteiger partial charge in [-0.15, -0.1) is 0 Å². The number of nitrogens with zero attached hydrogens (tertiary/aromatic N) is 1. The van der Waals surface area contributed by atoms with E-state index < -0.39 is 6.10 Å². The summed E-state index contributed by atoms with van der Waals surface area (Å²) in [5, 5.41) is 24.0. The summed E-state index contributed by atoms with van der Waals surface area (Å²) in [4.78, 5) is 2.19. The van der Waals surface area contributed by atoms with E-state index in [2.05, 4.69) is 27.8 Å². The Morgan fingerprint density at radius 1 is 1.25 bits per heavy atom. The number of rotatable bonds is 5. The molecule has 3 rings (SSSR count). The number of fused-ring (bicyclic) bond motifs is 1. The summed E-state index contributed by atoms with van der Waals surface area (Å²) in [6.07, 6.45) is 0.387. The van der Waals surface area contributed by atoms with Gasteiger partial charge >= 0.3 is 0 Å². The van der Waals surface area contributed by atoms with Gasteiger partial charge in [-0.25, -0.2) is 0 Å². The van der Waals surface area contributed by atoms with Crippen LogP contribution in [0.5, 0.6) is 0 Å². The second-order valence-corrected chi connectivity index (χ2v) is 6.02. The van der Waals surface area contributed by atoms with E-state index in [1.165, 1.54) is 11.1 Å². The number of aliphatic hydroxyl groups excluding tert-OH is 2. The zero-order valence-electron chi connectivity index (χ0n) is 11.3. The van der Waals surface area contributed by atoms with Gasteiger partial charge in [0.2, 0.25) is 0 Å². The Hall–Kier alpha value is -1.20. The smallest absolute Gasteiger partial charge is 0.0951 e. The molecule has 0 amide bonds. The standard InChI is InChI=1S/C16H19NO2S/c18-7-6-17(10-12-5-8-20-11-12)15-9-13-3-1-2-4-14(13)16(15)19/h1-5,8,11,15-16,18-19H,6-7,9-10H2/t15-,16-/m0/s1. The van der Waals surface area contributed by atoms with Crippen molar-refractivity contribution >= 4 is 11.3 Å². The van der Waals surface area contributed by atoms with E-state index in [1.807, 2.05) is 18.2 Å². The predicted molar refractivity (Wildman–Crippen MR) is 80.7 cm³/mol. The van der Waals surface area contributed by atoms with Gasteiger partial charge in [-0.2, -0.15) is 11.3 Å². The van der Waals surface area contributed by atoms with Crippen LogP contribution >= 0.6 is 11.3 Å². The van der Waals surface area contributed by atoms with Crippen LogP contribution in [0.3, 0.4) is 0 Å². The van der Waals surface area contributed by atoms with Crippen molar-refractivity contribution in [3.05, 3.63) is 57.8 Å². The topological polar surface area (TPSA) is 43.7 Å². The van der Waals surface area contributed by atoms with Gasteiger partial charge in [0.05, 0.1) is 12.7 Å². The summed E-state index contributed by atoms with van der Waals surface area (Å²) in [6.45, 7) is 1.48. The van der Waals surface area contributed by atoms with Crippen LogP contribution in [0.1, 0.15) is 22.8 Å². The molecule has 1 aromatic heterocycles. The average molecular weight is 289 g/mol. The van der Waals surface area contributed by atoms with Crippen LogP contribution in [-0.4, -0.2) is 34.3 Å². The zero-order chi connectivity index (χ0) is 13.9. The van der Waals surface area contributed by atoms with Gasteiger partial charge in [0, 0.05) is 19.1 Å². The molecule has 1 aliphatic rings. The number of thiophene rings is 1. The highest BCUT2D eigenvalue weighted by molar-refractivity contribution is 7.07. The van der Waals surface area contributed by atoms with Crippen LogP contribution in [0.15, 0.2) is 41.1 Å². The molecule has 1 aliphatic carbocycles. The highest BCUT2D eigenvalue weighted by Crippen LogP contribution is 2.34. The van der Waals surface area contributed by atoms with E-state index in [4.69, 9.17) is 0 Å². The highest BCUT2D eigenvalue weighted by atomic mass is 32.1. The molecule has 4 heteroatoms. The number of hydrogen-bond acceptors (Lipinski definition) is 4. The maximum atomic E-state index is 10.5. The van der Waals surface area contributed by atoms with Gasteiger partial charge in [0.1, 0.15) is 0 Å². The molecule has 3 nitrogen and oxygen atoms in total. The monoisotopic (exact) mass is 289 g/mol. The lowest BCUT2D eigenvalue weighted by Crippen LogP contribution is -2.39. The van der Waals surface area contributed by atoms with E-state index >= 15 is 0 Å². The first kappa shape index (κ1) is 13.8. The maximum Gasteiger partial charge on any atom is 0.0951 e. The number of hydrogen-bond donors (Lipinski definition) is 2. The average Bonchev–Trinajstić information content (AvgIpc) is 3.07. The minimum atomic E-state index is -0.462. The first-order chi connectivity index (χ1) is 9.79. The van der Waals surface area contributed by atoms with E-state index in [1.54, 1.807) is 11.3 Å². The fourth-order valence-electron chi connectivity index (χ4n) is 2.99. The molecular formula is C16H19NO2S. The van der Waals surface area contributed by atoms with Crippen molar-refractivity contribution in [2.45, 2.75) is 25.1 Å². The van der Waals surface area contributed by atoms with Crippen LogP contribution in [0.2, 0.25) is 0 Å². The molecule has 0 saturated heterocycles. The summed E-state index contributed by atoms with van der Waals surface area (Å²) >= 11 is 1.68. The van der Waals surface area contributed by atoms with Crippen LogP contribution < -0.4 is 0 Å². The second kappa shape index (κ2) is 6.06. The summed E-state index contributed by atoms with van der Waals surface area (Å²) in [5.41, 5.74) is 3.50. The van der Waals surface area contributed by atoms with Crippen molar-refractivity contribution in [1.82, 2.24) is 4.90 Å². The Bertz CT molecular complexity index is 555. The van der Waals surface area contributed by atoms with Crippen LogP contribution in [0, 0.1) is 0 Å². The molecule has 1 heterocycles. The Morgan fingerprint density at radius 2 is 2.10 bits per heavy atom. The molecule has 0 unspecified atom stereocenters. The Labute approximate surface area is 123 Å². The number of benzene rings is 1. The third-order valence-corrected chi connectivity index (χ3v) is 4.72. The third kappa shape index (κ3) is 2.65. The number of aliphatic hydroxyl groups is 2. The summed E-state index contributed by atoms with van der Waals surface area (Å²) in [7, 11) is 0. The van der Waals surface area contributed by atoms with Crippen molar-refractivity contribution in [3.63, 3.8) is 0 Å². The molecule has 0 spiro atoms. The van der Waals surface area contributed by atoms with Gasteiger partial charge in [-0.1, -0.05) is 24.3 Å². The third-order valence-electron chi connectivity index (χ3n) is 3.99. The molecular weight excluding hydrogens is 270 g/mol. The first-order valence-corrected chi connectivity index (χ1v) is 7.85. The molecule has 1 aromatic carbocycles. The van der Waals surface area contributed by atoms with Crippen molar-refractivity contribution in [1.29, 1.82) is 0 Å². The lowest BCUT2D eigenvalue weighted by molar-refractivity contribution is 0.0453. The Kier molecular flexibility index (Phi) is 4.17. The second-order valence-electron chi connectivity index (χ2n) is 5.24. The van der Waals surface area contributed by atoms with Gasteiger partial charge < -0.3 is 10.2 Å². The predicted octanol–water partition coefficient (Wildman–Crippen LogP) is 2.20. The Balaban J connectivity index is 1.79. The normalized spacial score (nSPS) is 21.4. The van der Waals surface area contributed by atoms with Crippen LogP contribution in [0.25, 0.3) is 0 Å². The van der Waals surface area contributed by atoms with Crippen LogP contribution in [0.4, 0.5) is 0 Å². The fourth-order valence-corrected chi connectivity index (χ4v) is 3.65. The van der Waals surface area contributed by atoms with Crippen molar-refractivity contribution < 1.29 is 10.2 Å². The van der Waals surface area contributed by atoms with Crippen molar-refractivity contribution in [2.24, 2.45) is 0 Å². The van der Waals surface area contributed by atoms with Crippen molar-refractivity contribution in [3.8, 4) is 0 Å². The minimum Gasteiger partial charge on any atom is -0.395 e. The molecule has 0 bridgehead atoms. The van der Waals surface area contributed by atoms with E-state index in [-0.39, 0.29) is 12.6 Å². The first-order valence-electron chi connectivity index (χ1n) is 6.91. The van der Waals surface area contributed by atoms with Gasteiger partial charge in [0.25, 0.3) is 0 Å². The lowest BCUT2D eigenvalue weighted by Gasteiger charge is -2.30. The summed E-state index contributed by atoms with van der Waals surface area (Å²) in [6, 6.07) is 10.2. The zero-order valence-corrected chi connectivity index (χ0v) is 12.1. The Morgan fingerprint density at radius 3 is 2.80 bits per heavy atom. The molecule has 20 heavy (non-hydrogen) atoms. The molecule has 2 N–H and O–H groups in total. The highest BCUT2D eigenvalue weighted by Gasteiger charge is 2.34. The lowest BCUT2D eigenvalue weighted by atomic mass is 10.1. The molecule has 2 aromatic rings. The minimum absolute atomic E-state index is 0.0550. The molecule has 0 saturated carbocycles. The van der Waals surface area contributed by atoms with Crippen LogP contribution in [-0.2, 0) is 13.0 Å². The molecule has 0 radical (unpaired) electrons. The largest absolute Gasteiger partial charge is 0.395 e. The van der Waals surface area contributed by atoms with Gasteiger partial charge in [-0.05, 0) is 39.9 Å². The maximum absolute atomic E-state index is 10.5. The van der Waals surface area contributed by atoms with Gasteiger partial charge in [-0.3, -0.25) is 4.90 Å². The molecule has 2 atom stereocenters. The quantitative estimate of drug-likeness (QED) is 0.887. The molecule has 0 aliphatic heterocycles. The van der Waals surface area contributed by atoms with E-state index in [9.17, 15) is 10.2 Å². The van der Waals surface area contributed by atoms with E-state index in [0.717, 1.165) is 18.5 Å². The summed E-state index contributed by atoms with van der Waals surface area (Å²) < 4.78 is 0.